The monoisotopic (exact) mass is 412 g/mol. The number of Topliss-reactive ketones (excluding diaryl/α,β-unsaturated/α-hetero) is 1. The lowest BCUT2D eigenvalue weighted by Gasteiger charge is -2.16. The van der Waals surface area contributed by atoms with E-state index >= 15 is 0 Å². The van der Waals surface area contributed by atoms with Gasteiger partial charge in [-0.15, -0.1) is 0 Å². The molecule has 0 fully saturated rings. The van der Waals surface area contributed by atoms with Gasteiger partial charge in [-0.25, -0.2) is 0 Å². The van der Waals surface area contributed by atoms with E-state index in [9.17, 15) is 9.59 Å². The number of carbonyl (C=O) groups excluding carboxylic acids is 2. The largest absolute Gasteiger partial charge is 0.493 e. The summed E-state index contributed by atoms with van der Waals surface area (Å²) in [6, 6.07) is 9.39. The van der Waals surface area contributed by atoms with E-state index in [4.69, 9.17) is 18.9 Å². The molecule has 0 saturated carbocycles. The first-order chi connectivity index (χ1) is 14.5. The van der Waals surface area contributed by atoms with Crippen LogP contribution in [0.5, 0.6) is 17.2 Å². The second-order valence-electron chi connectivity index (χ2n) is 7.31. The lowest BCUT2D eigenvalue weighted by atomic mass is 9.90. The average Bonchev–Trinajstić information content (AvgIpc) is 2.79. The highest BCUT2D eigenvalue weighted by molar-refractivity contribution is 5.98. The first kappa shape index (κ1) is 21.7. The number of esters is 1. The molecule has 0 N–H and O–H groups in total. The predicted octanol–water partition coefficient (Wildman–Crippen LogP) is 3.95. The number of hydrogen-bond acceptors (Lipinski definition) is 6. The Morgan fingerprint density at radius 1 is 0.867 bits per heavy atom. The molecular formula is C24H28O6. The van der Waals surface area contributed by atoms with Crippen LogP contribution in [0.1, 0.15) is 46.3 Å². The van der Waals surface area contributed by atoms with Crippen LogP contribution in [-0.2, 0) is 28.8 Å². The highest BCUT2D eigenvalue weighted by atomic mass is 16.5. The molecule has 1 aliphatic carbocycles. The fourth-order valence-electron chi connectivity index (χ4n) is 3.73. The third kappa shape index (κ3) is 5.12. The quantitative estimate of drug-likeness (QED) is 0.459. The van der Waals surface area contributed by atoms with Gasteiger partial charge >= 0.3 is 5.97 Å². The standard InChI is InChI=1S/C24H28O6/c1-27-21-12-16(13-22(28-2)24(21)29-3)8-11-23(26)30-15-20(25)19-10-9-17-6-4-5-7-18(17)14-19/h9-10,12-14H,4-8,11,15H2,1-3H3. The number of aryl methyl sites for hydroxylation is 3. The van der Waals surface area contributed by atoms with Crippen molar-refractivity contribution in [2.24, 2.45) is 0 Å². The van der Waals surface area contributed by atoms with E-state index in [-0.39, 0.29) is 18.8 Å². The van der Waals surface area contributed by atoms with Crippen molar-refractivity contribution in [3.05, 3.63) is 52.6 Å². The minimum atomic E-state index is -0.421. The Kier molecular flexibility index (Phi) is 7.33. The second kappa shape index (κ2) is 10.1. The van der Waals surface area contributed by atoms with Crippen LogP contribution in [0.15, 0.2) is 30.3 Å². The van der Waals surface area contributed by atoms with Crippen LogP contribution in [0, 0.1) is 0 Å². The van der Waals surface area contributed by atoms with E-state index < -0.39 is 5.97 Å². The van der Waals surface area contributed by atoms with Gasteiger partial charge in [0.25, 0.3) is 0 Å². The third-order valence-corrected chi connectivity index (χ3v) is 5.38. The molecule has 160 valence electrons. The van der Waals surface area contributed by atoms with Gasteiger partial charge in [0.15, 0.2) is 23.9 Å². The highest BCUT2D eigenvalue weighted by Gasteiger charge is 2.16. The molecule has 2 aromatic rings. The number of ether oxygens (including phenoxy) is 4. The van der Waals surface area contributed by atoms with Crippen molar-refractivity contribution in [3.8, 4) is 17.2 Å². The molecular weight excluding hydrogens is 384 g/mol. The Morgan fingerprint density at radius 3 is 2.17 bits per heavy atom. The summed E-state index contributed by atoms with van der Waals surface area (Å²) in [5.41, 5.74) is 4.01. The summed E-state index contributed by atoms with van der Waals surface area (Å²) < 4.78 is 21.2. The molecule has 6 nitrogen and oxygen atoms in total. The molecule has 0 heterocycles. The van der Waals surface area contributed by atoms with Gasteiger partial charge in [0, 0.05) is 12.0 Å². The Balaban J connectivity index is 1.54. The molecule has 0 saturated heterocycles. The van der Waals surface area contributed by atoms with Crippen molar-refractivity contribution in [2.75, 3.05) is 27.9 Å². The molecule has 3 rings (SSSR count). The number of carbonyl (C=O) groups is 2. The Bertz CT molecular complexity index is 893. The first-order valence-electron chi connectivity index (χ1n) is 10.1. The maximum Gasteiger partial charge on any atom is 0.306 e. The SMILES string of the molecule is COc1cc(CCC(=O)OCC(=O)c2ccc3c(c2)CCCC3)cc(OC)c1OC. The summed E-state index contributed by atoms with van der Waals surface area (Å²) in [5.74, 6) is 0.965. The number of hydrogen-bond donors (Lipinski definition) is 0. The van der Waals surface area contributed by atoms with Gasteiger partial charge in [-0.1, -0.05) is 12.1 Å². The van der Waals surface area contributed by atoms with E-state index in [0.29, 0.717) is 29.2 Å². The minimum absolute atomic E-state index is 0.149. The van der Waals surface area contributed by atoms with Crippen LogP contribution in [0.2, 0.25) is 0 Å². The van der Waals surface area contributed by atoms with Crippen LogP contribution in [0.25, 0.3) is 0 Å². The van der Waals surface area contributed by atoms with E-state index in [1.54, 1.807) is 26.4 Å². The van der Waals surface area contributed by atoms with E-state index in [1.807, 2.05) is 18.2 Å². The lowest BCUT2D eigenvalue weighted by Crippen LogP contribution is -2.15. The maximum absolute atomic E-state index is 12.4. The summed E-state index contributed by atoms with van der Waals surface area (Å²) in [5, 5.41) is 0. The molecule has 0 aliphatic heterocycles. The van der Waals surface area contributed by atoms with Crippen molar-refractivity contribution < 1.29 is 28.5 Å². The zero-order valence-corrected chi connectivity index (χ0v) is 17.8. The summed E-state index contributed by atoms with van der Waals surface area (Å²) in [6.45, 7) is -0.243. The maximum atomic E-state index is 12.4. The Hall–Kier alpha value is -3.02. The average molecular weight is 412 g/mol. The molecule has 0 radical (unpaired) electrons. The van der Waals surface area contributed by atoms with Gasteiger partial charge in [0.2, 0.25) is 5.75 Å². The van der Waals surface area contributed by atoms with Gasteiger partial charge in [0.05, 0.1) is 21.3 Å². The fourth-order valence-corrected chi connectivity index (χ4v) is 3.73. The molecule has 1 aliphatic rings. The molecule has 0 atom stereocenters. The summed E-state index contributed by atoms with van der Waals surface area (Å²) in [4.78, 5) is 24.6. The minimum Gasteiger partial charge on any atom is -0.493 e. The van der Waals surface area contributed by atoms with Gasteiger partial charge < -0.3 is 18.9 Å². The number of fused-ring (bicyclic) bond motifs is 1. The van der Waals surface area contributed by atoms with E-state index in [1.165, 1.54) is 24.7 Å². The Labute approximate surface area is 177 Å². The van der Waals surface area contributed by atoms with Crippen molar-refractivity contribution in [2.45, 2.75) is 38.5 Å². The molecule has 0 unspecified atom stereocenters. The van der Waals surface area contributed by atoms with Crippen LogP contribution in [0.4, 0.5) is 0 Å². The van der Waals surface area contributed by atoms with Crippen LogP contribution in [0.3, 0.4) is 0 Å². The van der Waals surface area contributed by atoms with Gasteiger partial charge in [-0.3, -0.25) is 9.59 Å². The Morgan fingerprint density at radius 2 is 1.53 bits per heavy atom. The summed E-state index contributed by atoms with van der Waals surface area (Å²) in [7, 11) is 4.63. The summed E-state index contributed by atoms with van der Waals surface area (Å²) >= 11 is 0. The van der Waals surface area contributed by atoms with Crippen molar-refractivity contribution in [1.82, 2.24) is 0 Å². The molecule has 30 heavy (non-hydrogen) atoms. The van der Waals surface area contributed by atoms with Crippen LogP contribution < -0.4 is 14.2 Å². The number of benzene rings is 2. The second-order valence-corrected chi connectivity index (χ2v) is 7.31. The molecule has 0 spiro atoms. The lowest BCUT2D eigenvalue weighted by molar-refractivity contribution is -0.142. The molecule has 0 aromatic heterocycles. The number of methoxy groups -OCH3 is 3. The third-order valence-electron chi connectivity index (χ3n) is 5.38. The van der Waals surface area contributed by atoms with Gasteiger partial charge in [0.1, 0.15) is 0 Å². The molecule has 2 aromatic carbocycles. The first-order valence-corrected chi connectivity index (χ1v) is 10.1. The topological polar surface area (TPSA) is 71.1 Å². The molecule has 6 heteroatoms. The van der Waals surface area contributed by atoms with Crippen LogP contribution >= 0.6 is 0 Å². The normalized spacial score (nSPS) is 12.6. The van der Waals surface area contributed by atoms with Gasteiger partial charge in [-0.2, -0.15) is 0 Å². The van der Waals surface area contributed by atoms with E-state index in [0.717, 1.165) is 24.8 Å². The van der Waals surface area contributed by atoms with Crippen molar-refractivity contribution in [3.63, 3.8) is 0 Å². The zero-order valence-electron chi connectivity index (χ0n) is 17.8. The molecule has 0 bridgehead atoms. The van der Waals surface area contributed by atoms with Crippen LogP contribution in [-0.4, -0.2) is 39.7 Å². The van der Waals surface area contributed by atoms with Gasteiger partial charge in [-0.05, 0) is 67.0 Å². The zero-order chi connectivity index (χ0) is 21.5. The predicted molar refractivity (Wildman–Crippen MR) is 113 cm³/mol. The highest BCUT2D eigenvalue weighted by Crippen LogP contribution is 2.38. The van der Waals surface area contributed by atoms with Crippen molar-refractivity contribution >= 4 is 11.8 Å². The summed E-state index contributed by atoms with van der Waals surface area (Å²) in [6.07, 6.45) is 5.01. The number of ketones is 1. The van der Waals surface area contributed by atoms with E-state index in [2.05, 4.69) is 0 Å². The number of rotatable bonds is 9. The fraction of sp³-hybridized carbons (Fsp3) is 0.417. The smallest absolute Gasteiger partial charge is 0.306 e. The molecule has 0 amide bonds. The van der Waals surface area contributed by atoms with Crippen molar-refractivity contribution in [1.29, 1.82) is 0 Å².